The van der Waals surface area contributed by atoms with E-state index in [9.17, 15) is 8.76 Å². The van der Waals surface area contributed by atoms with Crippen molar-refractivity contribution in [3.63, 3.8) is 0 Å². The second-order valence-corrected chi connectivity index (χ2v) is 4.55. The van der Waals surface area contributed by atoms with Crippen molar-refractivity contribution >= 4 is 11.1 Å². The van der Waals surface area contributed by atoms with E-state index in [-0.39, 0.29) is 5.75 Å². The number of likely N-dealkylation sites (tertiary alicyclic amines) is 1. The molecular weight excluding hydrogens is 174 g/mol. The molecule has 1 rings (SSSR count). The lowest BCUT2D eigenvalue weighted by Crippen LogP contribution is -2.35. The molecule has 3 nitrogen and oxygen atoms in total. The lowest BCUT2D eigenvalue weighted by Gasteiger charge is -2.30. The van der Waals surface area contributed by atoms with Gasteiger partial charge in [-0.25, -0.2) is 0 Å². The third kappa shape index (κ3) is 3.65. The summed E-state index contributed by atoms with van der Waals surface area (Å²) in [5.41, 5.74) is 0. The molecule has 0 aromatic heterocycles. The third-order valence-corrected chi connectivity index (χ3v) is 2.97. The van der Waals surface area contributed by atoms with Gasteiger partial charge >= 0.3 is 0 Å². The Morgan fingerprint density at radius 1 is 1.50 bits per heavy atom. The van der Waals surface area contributed by atoms with Crippen molar-refractivity contribution in [3.05, 3.63) is 0 Å². The van der Waals surface area contributed by atoms with Crippen molar-refractivity contribution in [3.8, 4) is 0 Å². The topological polar surface area (TPSA) is 43.4 Å². The SMILES string of the molecule is CC1CCN(CCS(=O)[O-])CC1. The molecular formula is C8H16NO2S-. The van der Waals surface area contributed by atoms with Crippen LogP contribution in [0.1, 0.15) is 19.8 Å². The standard InChI is InChI=1S/C8H17NO2S/c1-8-2-4-9(5-3-8)6-7-12(10)11/h8H,2-7H2,1H3,(H,10,11)/p-1. The van der Waals surface area contributed by atoms with Gasteiger partial charge in [-0.2, -0.15) is 0 Å². The number of hydrogen-bond donors (Lipinski definition) is 0. The summed E-state index contributed by atoms with van der Waals surface area (Å²) in [4.78, 5) is 2.23. The highest BCUT2D eigenvalue weighted by Gasteiger charge is 2.14. The highest BCUT2D eigenvalue weighted by Crippen LogP contribution is 2.15. The van der Waals surface area contributed by atoms with Crippen LogP contribution in [-0.4, -0.2) is 39.0 Å². The Balaban J connectivity index is 2.13. The Morgan fingerprint density at radius 2 is 2.08 bits per heavy atom. The summed E-state index contributed by atoms with van der Waals surface area (Å²) in [6.07, 6.45) is 2.43. The number of piperidine rings is 1. The summed E-state index contributed by atoms with van der Waals surface area (Å²) in [6.45, 7) is 5.10. The van der Waals surface area contributed by atoms with Gasteiger partial charge in [-0.05, 0) is 31.8 Å². The predicted molar refractivity (Wildman–Crippen MR) is 48.6 cm³/mol. The van der Waals surface area contributed by atoms with Crippen molar-refractivity contribution in [1.29, 1.82) is 0 Å². The van der Waals surface area contributed by atoms with Gasteiger partial charge in [-0.3, -0.25) is 4.21 Å². The molecule has 4 heteroatoms. The lowest BCUT2D eigenvalue weighted by molar-refractivity contribution is 0.202. The zero-order chi connectivity index (χ0) is 8.97. The van der Waals surface area contributed by atoms with Gasteiger partial charge in [0.25, 0.3) is 0 Å². The van der Waals surface area contributed by atoms with Crippen molar-refractivity contribution < 1.29 is 8.76 Å². The smallest absolute Gasteiger partial charge is 0.0229 e. The van der Waals surface area contributed by atoms with Gasteiger partial charge in [0.1, 0.15) is 0 Å². The summed E-state index contributed by atoms with van der Waals surface area (Å²) < 4.78 is 20.6. The fraction of sp³-hybridized carbons (Fsp3) is 1.00. The normalized spacial score (nSPS) is 24.2. The maximum Gasteiger partial charge on any atom is 0.0229 e. The Kier molecular flexibility index (Phi) is 4.18. The molecule has 0 amide bonds. The number of rotatable bonds is 3. The monoisotopic (exact) mass is 190 g/mol. The zero-order valence-corrected chi connectivity index (χ0v) is 8.31. The van der Waals surface area contributed by atoms with E-state index in [0.717, 1.165) is 19.0 Å². The number of hydrogen-bond acceptors (Lipinski definition) is 3. The Labute approximate surface area is 76.4 Å². The molecule has 0 aromatic carbocycles. The van der Waals surface area contributed by atoms with Crippen LogP contribution in [0.4, 0.5) is 0 Å². The first kappa shape index (κ1) is 10.2. The third-order valence-electron chi connectivity index (χ3n) is 2.45. The van der Waals surface area contributed by atoms with E-state index in [2.05, 4.69) is 11.8 Å². The van der Waals surface area contributed by atoms with Gasteiger partial charge < -0.3 is 9.45 Å². The lowest BCUT2D eigenvalue weighted by atomic mass is 9.99. The maximum absolute atomic E-state index is 10.3. The van der Waals surface area contributed by atoms with Crippen LogP contribution in [0.25, 0.3) is 0 Å². The molecule has 12 heavy (non-hydrogen) atoms. The van der Waals surface area contributed by atoms with Crippen molar-refractivity contribution in [2.45, 2.75) is 19.8 Å². The molecule has 1 aliphatic rings. The van der Waals surface area contributed by atoms with E-state index in [1.807, 2.05) is 0 Å². The van der Waals surface area contributed by atoms with E-state index in [0.29, 0.717) is 6.54 Å². The summed E-state index contributed by atoms with van der Waals surface area (Å²) in [5.74, 6) is 1.10. The van der Waals surface area contributed by atoms with E-state index < -0.39 is 11.1 Å². The fourth-order valence-corrected chi connectivity index (χ4v) is 1.90. The van der Waals surface area contributed by atoms with E-state index in [1.54, 1.807) is 0 Å². The largest absolute Gasteiger partial charge is 0.772 e. The van der Waals surface area contributed by atoms with Crippen molar-refractivity contribution in [1.82, 2.24) is 4.90 Å². The first-order valence-electron chi connectivity index (χ1n) is 4.46. The highest BCUT2D eigenvalue weighted by molar-refractivity contribution is 7.79. The molecule has 0 spiro atoms. The van der Waals surface area contributed by atoms with Crippen LogP contribution in [0.2, 0.25) is 0 Å². The molecule has 0 aliphatic carbocycles. The van der Waals surface area contributed by atoms with Gasteiger partial charge in [0.15, 0.2) is 0 Å². The quantitative estimate of drug-likeness (QED) is 0.612. The second-order valence-electron chi connectivity index (χ2n) is 3.53. The van der Waals surface area contributed by atoms with Gasteiger partial charge in [0, 0.05) is 12.3 Å². The first-order valence-corrected chi connectivity index (χ1v) is 5.71. The summed E-state index contributed by atoms with van der Waals surface area (Å²) in [5, 5.41) is 0. The molecule has 1 saturated heterocycles. The molecule has 1 aliphatic heterocycles. The Hall–Kier alpha value is 0.0700. The van der Waals surface area contributed by atoms with Gasteiger partial charge in [0.2, 0.25) is 0 Å². The molecule has 0 radical (unpaired) electrons. The molecule has 1 atom stereocenters. The maximum atomic E-state index is 10.3. The van der Waals surface area contributed by atoms with Crippen molar-refractivity contribution in [2.75, 3.05) is 25.4 Å². The minimum Gasteiger partial charge on any atom is -0.772 e. The van der Waals surface area contributed by atoms with Gasteiger partial charge in [-0.15, -0.1) is 0 Å². The average molecular weight is 190 g/mol. The van der Waals surface area contributed by atoms with Crippen LogP contribution in [0.15, 0.2) is 0 Å². The van der Waals surface area contributed by atoms with Crippen LogP contribution < -0.4 is 0 Å². The van der Waals surface area contributed by atoms with Crippen molar-refractivity contribution in [2.24, 2.45) is 5.92 Å². The fourth-order valence-electron chi connectivity index (χ4n) is 1.49. The zero-order valence-electron chi connectivity index (χ0n) is 7.49. The van der Waals surface area contributed by atoms with Crippen LogP contribution in [0.3, 0.4) is 0 Å². The van der Waals surface area contributed by atoms with E-state index in [4.69, 9.17) is 0 Å². The number of nitrogens with zero attached hydrogens (tertiary/aromatic N) is 1. The molecule has 0 aromatic rings. The molecule has 0 saturated carbocycles. The molecule has 1 fully saturated rings. The highest BCUT2D eigenvalue weighted by atomic mass is 32.2. The summed E-state index contributed by atoms with van der Waals surface area (Å²) in [6, 6.07) is 0. The molecule has 0 bridgehead atoms. The second kappa shape index (κ2) is 4.94. The molecule has 1 unspecified atom stereocenters. The first-order chi connectivity index (χ1) is 5.68. The molecule has 72 valence electrons. The van der Waals surface area contributed by atoms with Crippen LogP contribution in [0, 0.1) is 5.92 Å². The van der Waals surface area contributed by atoms with E-state index >= 15 is 0 Å². The van der Waals surface area contributed by atoms with Gasteiger partial charge in [0.05, 0.1) is 0 Å². The Morgan fingerprint density at radius 3 is 2.58 bits per heavy atom. The van der Waals surface area contributed by atoms with Crippen LogP contribution in [-0.2, 0) is 11.1 Å². The van der Waals surface area contributed by atoms with E-state index in [1.165, 1.54) is 12.8 Å². The summed E-state index contributed by atoms with van der Waals surface area (Å²) in [7, 11) is 0. The Bertz CT molecular complexity index is 155. The molecule has 1 heterocycles. The average Bonchev–Trinajstić information content (AvgIpc) is 2.03. The minimum atomic E-state index is -1.87. The van der Waals surface area contributed by atoms with Gasteiger partial charge in [-0.1, -0.05) is 18.0 Å². The van der Waals surface area contributed by atoms with Crippen LogP contribution >= 0.6 is 0 Å². The molecule has 0 N–H and O–H groups in total. The van der Waals surface area contributed by atoms with Crippen LogP contribution in [0.5, 0.6) is 0 Å². The summed E-state index contributed by atoms with van der Waals surface area (Å²) >= 11 is -1.87. The minimum absolute atomic E-state index is 0.286. The predicted octanol–water partition coefficient (Wildman–Crippen LogP) is 0.597.